The smallest absolute Gasteiger partial charge is 0.119 e. The number of aliphatic hydroxyl groups is 1. The standard InChI is InChI=1S/C17H17BrO2/c18-14-5-7-15(8-6-14)20-10-9-13-11-12-3-1-2-4-16(12)17(13)19/h1-8,13,17,19H,9-11H2. The highest BCUT2D eigenvalue weighted by molar-refractivity contribution is 9.10. The molecule has 0 fully saturated rings. The van der Waals surface area contributed by atoms with Crippen LogP contribution in [0, 0.1) is 5.92 Å². The molecule has 3 rings (SSSR count). The summed E-state index contributed by atoms with van der Waals surface area (Å²) in [6.07, 6.45) is 1.46. The van der Waals surface area contributed by atoms with E-state index >= 15 is 0 Å². The van der Waals surface area contributed by atoms with Crippen LogP contribution in [-0.4, -0.2) is 11.7 Å². The summed E-state index contributed by atoms with van der Waals surface area (Å²) in [5.41, 5.74) is 2.36. The molecule has 1 aliphatic carbocycles. The van der Waals surface area contributed by atoms with Gasteiger partial charge in [-0.2, -0.15) is 0 Å². The summed E-state index contributed by atoms with van der Waals surface area (Å²) in [7, 11) is 0. The molecule has 2 nitrogen and oxygen atoms in total. The molecular formula is C17H17BrO2. The molecule has 0 spiro atoms. The Kier molecular flexibility index (Phi) is 4.08. The highest BCUT2D eigenvalue weighted by Gasteiger charge is 2.30. The molecule has 2 unspecified atom stereocenters. The van der Waals surface area contributed by atoms with Crippen LogP contribution in [0.3, 0.4) is 0 Å². The van der Waals surface area contributed by atoms with Crippen molar-refractivity contribution in [3.8, 4) is 5.75 Å². The second kappa shape index (κ2) is 5.98. The van der Waals surface area contributed by atoms with Gasteiger partial charge in [0.15, 0.2) is 0 Å². The van der Waals surface area contributed by atoms with Gasteiger partial charge in [-0.1, -0.05) is 40.2 Å². The first-order valence-corrected chi connectivity index (χ1v) is 7.67. The minimum atomic E-state index is -0.347. The lowest BCUT2D eigenvalue weighted by Gasteiger charge is -2.15. The zero-order valence-electron chi connectivity index (χ0n) is 11.1. The number of benzene rings is 2. The Morgan fingerprint density at radius 3 is 2.60 bits per heavy atom. The van der Waals surface area contributed by atoms with E-state index in [1.165, 1.54) is 5.56 Å². The Morgan fingerprint density at radius 1 is 1.10 bits per heavy atom. The number of rotatable bonds is 4. The van der Waals surface area contributed by atoms with E-state index in [9.17, 15) is 5.11 Å². The van der Waals surface area contributed by atoms with Crippen LogP contribution in [0.5, 0.6) is 5.75 Å². The Hall–Kier alpha value is -1.32. The van der Waals surface area contributed by atoms with Crippen LogP contribution in [-0.2, 0) is 6.42 Å². The predicted octanol–water partition coefficient (Wildman–Crippen LogP) is 4.12. The van der Waals surface area contributed by atoms with Crippen LogP contribution in [0.2, 0.25) is 0 Å². The number of fused-ring (bicyclic) bond motifs is 1. The van der Waals surface area contributed by atoms with Crippen molar-refractivity contribution in [2.24, 2.45) is 5.92 Å². The number of hydrogen-bond donors (Lipinski definition) is 1. The zero-order chi connectivity index (χ0) is 13.9. The zero-order valence-corrected chi connectivity index (χ0v) is 12.7. The van der Waals surface area contributed by atoms with Gasteiger partial charge in [-0.15, -0.1) is 0 Å². The largest absolute Gasteiger partial charge is 0.494 e. The van der Waals surface area contributed by atoms with E-state index in [1.807, 2.05) is 42.5 Å². The van der Waals surface area contributed by atoms with Crippen molar-refractivity contribution in [3.63, 3.8) is 0 Å². The summed E-state index contributed by atoms with van der Waals surface area (Å²) in [6.45, 7) is 0.636. The minimum Gasteiger partial charge on any atom is -0.494 e. The van der Waals surface area contributed by atoms with Gasteiger partial charge in [0.25, 0.3) is 0 Å². The molecule has 104 valence electrons. The SMILES string of the molecule is OC1c2ccccc2CC1CCOc1ccc(Br)cc1. The number of halogens is 1. The molecule has 2 aromatic carbocycles. The van der Waals surface area contributed by atoms with Crippen LogP contribution in [0.1, 0.15) is 23.7 Å². The Labute approximate surface area is 127 Å². The van der Waals surface area contributed by atoms with Gasteiger partial charge in [-0.3, -0.25) is 0 Å². The molecule has 0 aromatic heterocycles. The second-order valence-corrected chi connectivity index (χ2v) is 6.11. The first-order chi connectivity index (χ1) is 9.74. The quantitative estimate of drug-likeness (QED) is 0.912. The van der Waals surface area contributed by atoms with Crippen LogP contribution in [0.4, 0.5) is 0 Å². The Morgan fingerprint density at radius 2 is 1.85 bits per heavy atom. The lowest BCUT2D eigenvalue weighted by molar-refractivity contribution is 0.107. The van der Waals surface area contributed by atoms with Crippen molar-refractivity contribution in [3.05, 3.63) is 64.1 Å². The maximum Gasteiger partial charge on any atom is 0.119 e. The fourth-order valence-electron chi connectivity index (χ4n) is 2.78. The predicted molar refractivity (Wildman–Crippen MR) is 82.8 cm³/mol. The monoisotopic (exact) mass is 332 g/mol. The molecule has 2 atom stereocenters. The third-order valence-electron chi connectivity index (χ3n) is 3.87. The lowest BCUT2D eigenvalue weighted by atomic mass is 10.0. The summed E-state index contributed by atoms with van der Waals surface area (Å²) < 4.78 is 6.79. The van der Waals surface area contributed by atoms with E-state index in [0.717, 1.165) is 28.6 Å². The van der Waals surface area contributed by atoms with Gasteiger partial charge in [-0.25, -0.2) is 0 Å². The van der Waals surface area contributed by atoms with Gasteiger partial charge >= 0.3 is 0 Å². The Balaban J connectivity index is 1.54. The van der Waals surface area contributed by atoms with E-state index in [-0.39, 0.29) is 12.0 Å². The van der Waals surface area contributed by atoms with Crippen molar-refractivity contribution < 1.29 is 9.84 Å². The molecule has 0 aliphatic heterocycles. The highest BCUT2D eigenvalue weighted by Crippen LogP contribution is 2.37. The van der Waals surface area contributed by atoms with Crippen LogP contribution < -0.4 is 4.74 Å². The van der Waals surface area contributed by atoms with Gasteiger partial charge in [0.1, 0.15) is 5.75 Å². The molecular weight excluding hydrogens is 316 g/mol. The molecule has 0 heterocycles. The molecule has 0 bridgehead atoms. The maximum atomic E-state index is 10.3. The lowest BCUT2D eigenvalue weighted by Crippen LogP contribution is -2.11. The molecule has 20 heavy (non-hydrogen) atoms. The van der Waals surface area contributed by atoms with Gasteiger partial charge < -0.3 is 9.84 Å². The molecule has 0 radical (unpaired) electrons. The number of hydrogen-bond acceptors (Lipinski definition) is 2. The summed E-state index contributed by atoms with van der Waals surface area (Å²) in [4.78, 5) is 0. The average Bonchev–Trinajstić information content (AvgIpc) is 2.78. The molecule has 2 aromatic rings. The first kappa shape index (κ1) is 13.7. The summed E-state index contributed by atoms with van der Waals surface area (Å²) >= 11 is 3.40. The fourth-order valence-corrected chi connectivity index (χ4v) is 3.04. The van der Waals surface area contributed by atoms with Gasteiger partial charge in [0.05, 0.1) is 12.7 Å². The third-order valence-corrected chi connectivity index (χ3v) is 4.40. The molecule has 0 saturated heterocycles. The summed E-state index contributed by atoms with van der Waals surface area (Å²) in [6, 6.07) is 16.0. The van der Waals surface area contributed by atoms with E-state index in [4.69, 9.17) is 4.74 Å². The minimum absolute atomic E-state index is 0.267. The van der Waals surface area contributed by atoms with Crippen molar-refractivity contribution in [2.75, 3.05) is 6.61 Å². The van der Waals surface area contributed by atoms with E-state index in [2.05, 4.69) is 22.0 Å². The molecule has 1 N–H and O–H groups in total. The van der Waals surface area contributed by atoms with E-state index in [1.54, 1.807) is 0 Å². The summed E-state index contributed by atoms with van der Waals surface area (Å²) in [5, 5.41) is 10.3. The van der Waals surface area contributed by atoms with Crippen LogP contribution in [0.25, 0.3) is 0 Å². The van der Waals surface area contributed by atoms with Gasteiger partial charge in [-0.05, 0) is 54.2 Å². The molecule has 1 aliphatic rings. The molecule has 3 heteroatoms. The highest BCUT2D eigenvalue weighted by atomic mass is 79.9. The third kappa shape index (κ3) is 2.89. The van der Waals surface area contributed by atoms with Crippen molar-refractivity contribution in [2.45, 2.75) is 18.9 Å². The van der Waals surface area contributed by atoms with Crippen LogP contribution >= 0.6 is 15.9 Å². The van der Waals surface area contributed by atoms with Crippen LogP contribution in [0.15, 0.2) is 53.0 Å². The fraction of sp³-hybridized carbons (Fsp3) is 0.294. The molecule has 0 amide bonds. The van der Waals surface area contributed by atoms with Crippen molar-refractivity contribution >= 4 is 15.9 Å². The number of aliphatic hydroxyl groups excluding tert-OH is 1. The molecule has 0 saturated carbocycles. The first-order valence-electron chi connectivity index (χ1n) is 6.88. The van der Waals surface area contributed by atoms with E-state index < -0.39 is 0 Å². The van der Waals surface area contributed by atoms with Gasteiger partial charge in [0.2, 0.25) is 0 Å². The average molecular weight is 333 g/mol. The topological polar surface area (TPSA) is 29.5 Å². The van der Waals surface area contributed by atoms with Crippen molar-refractivity contribution in [1.29, 1.82) is 0 Å². The Bertz CT molecular complexity index is 580. The van der Waals surface area contributed by atoms with Gasteiger partial charge in [0, 0.05) is 4.47 Å². The van der Waals surface area contributed by atoms with Crippen molar-refractivity contribution in [1.82, 2.24) is 0 Å². The second-order valence-electron chi connectivity index (χ2n) is 5.20. The maximum absolute atomic E-state index is 10.3. The number of ether oxygens (including phenoxy) is 1. The summed E-state index contributed by atoms with van der Waals surface area (Å²) in [5.74, 6) is 1.14. The van der Waals surface area contributed by atoms with E-state index in [0.29, 0.717) is 6.61 Å². The normalized spacial score (nSPS) is 20.7.